The Hall–Kier alpha value is -2.64. The molecule has 0 N–H and O–H groups in total. The molecule has 0 aromatic heterocycles. The summed E-state index contributed by atoms with van der Waals surface area (Å²) >= 11 is 2.48. The molecule has 0 saturated carbocycles. The Morgan fingerprint density at radius 2 is 1.59 bits per heavy atom. The van der Waals surface area contributed by atoms with Crippen LogP contribution in [0.15, 0.2) is 68.3 Å². The van der Waals surface area contributed by atoms with Gasteiger partial charge < -0.3 is 14.4 Å². The number of benzene rings is 2. The molecule has 0 aliphatic carbocycles. The van der Waals surface area contributed by atoms with Crippen molar-refractivity contribution in [2.75, 3.05) is 25.7 Å². The second-order valence-corrected chi connectivity index (χ2v) is 10.3. The first-order valence-electron chi connectivity index (χ1n) is 10.3. The summed E-state index contributed by atoms with van der Waals surface area (Å²) in [6.45, 7) is 7.46. The van der Waals surface area contributed by atoms with Gasteiger partial charge in [-0.2, -0.15) is 0 Å². The molecule has 2 heterocycles. The predicted molar refractivity (Wildman–Crippen MR) is 132 cm³/mol. The number of methoxy groups -OCH3 is 2. The first-order valence-corrected chi connectivity index (χ1v) is 12.0. The van der Waals surface area contributed by atoms with Gasteiger partial charge in [0.2, 0.25) is 0 Å². The number of hydrogen-bond donors (Lipinski definition) is 0. The number of carbonyl (C=O) groups excluding carboxylic acids is 2. The lowest BCUT2D eigenvalue weighted by Gasteiger charge is -2.26. The Morgan fingerprint density at radius 3 is 2.19 bits per heavy atom. The van der Waals surface area contributed by atoms with Crippen molar-refractivity contribution >= 4 is 51.9 Å². The third-order valence-corrected chi connectivity index (χ3v) is 8.25. The molecular weight excluding hydrogens is 442 g/mol. The lowest BCUT2D eigenvalue weighted by atomic mass is 9.81. The van der Waals surface area contributed by atoms with Gasteiger partial charge in [-0.25, -0.2) is 9.59 Å². The molecule has 0 amide bonds. The topological polar surface area (TPSA) is 55.8 Å². The molecule has 2 aliphatic heterocycles. The van der Waals surface area contributed by atoms with Crippen molar-refractivity contribution in [1.82, 2.24) is 0 Å². The Balaban J connectivity index is 1.74. The zero-order valence-electron chi connectivity index (χ0n) is 18.7. The van der Waals surface area contributed by atoms with Crippen molar-refractivity contribution in [2.45, 2.75) is 26.2 Å². The van der Waals surface area contributed by atoms with E-state index in [1.165, 1.54) is 65.5 Å². The van der Waals surface area contributed by atoms with Crippen LogP contribution in [0, 0.1) is 0 Å². The fraction of sp³-hybridized carbons (Fsp3) is 0.280. The number of anilines is 1. The normalized spacial score (nSPS) is 18.3. The SMILES string of the molecule is CCN1C(=CC=C2SC(C(=O)OC)=C(C(=O)OC)S2)C(C)(C)c2c1ccc1ccccc21. The maximum absolute atomic E-state index is 12.2. The summed E-state index contributed by atoms with van der Waals surface area (Å²) in [5, 5.41) is 2.49. The summed E-state index contributed by atoms with van der Waals surface area (Å²) in [4.78, 5) is 27.2. The van der Waals surface area contributed by atoms with Gasteiger partial charge in [-0.3, -0.25) is 0 Å². The summed E-state index contributed by atoms with van der Waals surface area (Å²) in [6.07, 6.45) is 4.07. The summed E-state index contributed by atoms with van der Waals surface area (Å²) in [5.74, 6) is -1.07. The first-order chi connectivity index (χ1) is 15.3. The van der Waals surface area contributed by atoms with Crippen LogP contribution >= 0.6 is 23.5 Å². The van der Waals surface area contributed by atoms with Gasteiger partial charge in [-0.1, -0.05) is 67.7 Å². The summed E-state index contributed by atoms with van der Waals surface area (Å²) in [7, 11) is 2.61. The third-order valence-electron chi connectivity index (χ3n) is 5.80. The van der Waals surface area contributed by atoms with Crippen LogP contribution in [0.1, 0.15) is 26.3 Å². The molecule has 0 bridgehead atoms. The van der Waals surface area contributed by atoms with E-state index in [9.17, 15) is 9.59 Å². The second kappa shape index (κ2) is 8.71. The van der Waals surface area contributed by atoms with Gasteiger partial charge in [-0.05, 0) is 41.5 Å². The predicted octanol–water partition coefficient (Wildman–Crippen LogP) is 5.72. The van der Waals surface area contributed by atoms with Gasteiger partial charge in [0, 0.05) is 23.3 Å². The highest BCUT2D eigenvalue weighted by Gasteiger charge is 2.40. The number of hydrogen-bond acceptors (Lipinski definition) is 7. The molecule has 0 spiro atoms. The highest BCUT2D eigenvalue weighted by Crippen LogP contribution is 2.52. The molecule has 166 valence electrons. The Bertz CT molecular complexity index is 1180. The van der Waals surface area contributed by atoms with E-state index in [2.05, 4.69) is 68.1 Å². The molecule has 2 aromatic rings. The Labute approximate surface area is 196 Å². The van der Waals surface area contributed by atoms with E-state index >= 15 is 0 Å². The molecule has 0 atom stereocenters. The minimum atomic E-state index is -0.533. The molecule has 0 unspecified atom stereocenters. The maximum Gasteiger partial charge on any atom is 0.346 e. The second-order valence-electron chi connectivity index (χ2n) is 7.93. The number of carbonyl (C=O) groups is 2. The van der Waals surface area contributed by atoms with Crippen LogP contribution in [0.2, 0.25) is 0 Å². The maximum atomic E-state index is 12.2. The van der Waals surface area contributed by atoms with E-state index in [-0.39, 0.29) is 15.2 Å². The molecule has 0 radical (unpaired) electrons. The molecule has 4 rings (SSSR count). The first kappa shape index (κ1) is 22.6. The number of allylic oxidation sites excluding steroid dienone is 3. The molecular formula is C25H25NO4S2. The molecule has 2 aromatic carbocycles. The van der Waals surface area contributed by atoms with Crippen molar-refractivity contribution < 1.29 is 19.1 Å². The van der Waals surface area contributed by atoms with E-state index in [0.717, 1.165) is 10.8 Å². The van der Waals surface area contributed by atoms with Crippen LogP contribution in [0.25, 0.3) is 10.8 Å². The van der Waals surface area contributed by atoms with E-state index in [1.54, 1.807) is 0 Å². The minimum Gasteiger partial charge on any atom is -0.465 e. The van der Waals surface area contributed by atoms with E-state index < -0.39 is 11.9 Å². The molecule has 5 nitrogen and oxygen atoms in total. The highest BCUT2D eigenvalue weighted by molar-refractivity contribution is 8.29. The van der Waals surface area contributed by atoms with Crippen LogP contribution in [-0.4, -0.2) is 32.7 Å². The molecule has 7 heteroatoms. The summed E-state index contributed by atoms with van der Waals surface area (Å²) in [5.41, 5.74) is 3.50. The van der Waals surface area contributed by atoms with Crippen molar-refractivity contribution in [3.63, 3.8) is 0 Å². The number of nitrogens with zero attached hydrogens (tertiary/aromatic N) is 1. The van der Waals surface area contributed by atoms with E-state index in [1.807, 2.05) is 6.08 Å². The Kier molecular flexibility index (Phi) is 6.14. The van der Waals surface area contributed by atoms with Gasteiger partial charge in [0.1, 0.15) is 9.81 Å². The fourth-order valence-corrected chi connectivity index (χ4v) is 6.64. The average molecular weight is 468 g/mol. The molecule has 0 fully saturated rings. The summed E-state index contributed by atoms with van der Waals surface area (Å²) in [6, 6.07) is 12.8. The smallest absolute Gasteiger partial charge is 0.346 e. The lowest BCUT2D eigenvalue weighted by Crippen LogP contribution is -2.25. The van der Waals surface area contributed by atoms with Crippen LogP contribution in [0.5, 0.6) is 0 Å². The zero-order chi connectivity index (χ0) is 23.0. The minimum absolute atomic E-state index is 0.207. The number of likely N-dealkylation sites (N-methyl/N-ethyl adjacent to an activating group) is 1. The summed E-state index contributed by atoms with van der Waals surface area (Å²) < 4.78 is 10.5. The molecule has 0 saturated heterocycles. The van der Waals surface area contributed by atoms with Crippen molar-refractivity contribution in [3.8, 4) is 0 Å². The van der Waals surface area contributed by atoms with Crippen LogP contribution in [0.4, 0.5) is 5.69 Å². The van der Waals surface area contributed by atoms with Gasteiger partial charge in [0.25, 0.3) is 0 Å². The van der Waals surface area contributed by atoms with Gasteiger partial charge in [0.15, 0.2) is 0 Å². The van der Waals surface area contributed by atoms with Crippen molar-refractivity contribution in [1.29, 1.82) is 0 Å². The van der Waals surface area contributed by atoms with E-state index in [4.69, 9.17) is 9.47 Å². The van der Waals surface area contributed by atoms with Gasteiger partial charge >= 0.3 is 11.9 Å². The largest absolute Gasteiger partial charge is 0.465 e. The van der Waals surface area contributed by atoms with Crippen molar-refractivity contribution in [3.05, 3.63) is 73.9 Å². The van der Waals surface area contributed by atoms with Crippen molar-refractivity contribution in [2.24, 2.45) is 0 Å². The number of fused-ring (bicyclic) bond motifs is 3. The van der Waals surface area contributed by atoms with Crippen LogP contribution in [-0.2, 0) is 24.5 Å². The monoisotopic (exact) mass is 467 g/mol. The quantitative estimate of drug-likeness (QED) is 0.533. The van der Waals surface area contributed by atoms with Gasteiger partial charge in [-0.15, -0.1) is 0 Å². The van der Waals surface area contributed by atoms with Crippen LogP contribution < -0.4 is 4.90 Å². The van der Waals surface area contributed by atoms with Gasteiger partial charge in [0.05, 0.1) is 18.5 Å². The average Bonchev–Trinajstić information content (AvgIpc) is 3.32. The van der Waals surface area contributed by atoms with E-state index in [0.29, 0.717) is 0 Å². The molecule has 32 heavy (non-hydrogen) atoms. The highest BCUT2D eigenvalue weighted by atomic mass is 32.2. The number of thioether (sulfide) groups is 2. The number of esters is 2. The lowest BCUT2D eigenvalue weighted by molar-refractivity contribution is -0.138. The number of ether oxygens (including phenoxy) is 2. The third kappa shape index (κ3) is 3.63. The standard InChI is InChI=1S/C25H25NO4S2/c1-6-26-17-12-11-15-9-7-8-10-16(15)20(17)25(2,3)18(26)13-14-19-31-21(23(27)29-4)22(32-19)24(28)30-5/h7-14H,6H2,1-5H3. The fourth-order valence-electron chi connectivity index (χ4n) is 4.36. The molecule has 2 aliphatic rings. The number of rotatable bonds is 4. The zero-order valence-corrected chi connectivity index (χ0v) is 20.4. The Morgan fingerprint density at radius 1 is 0.969 bits per heavy atom. The van der Waals surface area contributed by atoms with Crippen LogP contribution in [0.3, 0.4) is 0 Å².